The molecular weight excluding hydrogens is 152 g/mol. The molecule has 0 saturated carbocycles. The van der Waals surface area contributed by atoms with E-state index in [9.17, 15) is 0 Å². The summed E-state index contributed by atoms with van der Waals surface area (Å²) in [6.07, 6.45) is 2.96. The normalized spacial score (nSPS) is 9.67. The largest absolute Gasteiger partial charge is 0.383 e. The molecule has 0 aliphatic heterocycles. The van der Waals surface area contributed by atoms with Gasteiger partial charge in [-0.25, -0.2) is 0 Å². The van der Waals surface area contributed by atoms with Crippen molar-refractivity contribution in [3.63, 3.8) is 0 Å². The number of H-pyrrole nitrogens is 1. The van der Waals surface area contributed by atoms with Crippen molar-refractivity contribution in [2.45, 2.75) is 26.2 Å². The fourth-order valence-electron chi connectivity index (χ4n) is 1.04. The molecule has 0 unspecified atom stereocenters. The summed E-state index contributed by atoms with van der Waals surface area (Å²) in [7, 11) is 0. The molecule has 12 heavy (non-hydrogen) atoms. The number of hydrogen-bond acceptors (Lipinski definition) is 3. The number of nitrogen functional groups attached to an aromatic ring is 1. The minimum atomic E-state index is 0.378. The van der Waals surface area contributed by atoms with Crippen molar-refractivity contribution >= 4 is 5.82 Å². The van der Waals surface area contributed by atoms with Gasteiger partial charge in [-0.05, 0) is 12.8 Å². The highest BCUT2D eigenvalue weighted by molar-refractivity contribution is 5.50. The molecule has 1 heterocycles. The maximum absolute atomic E-state index is 8.70. The Labute approximate surface area is 71.4 Å². The first-order chi connectivity index (χ1) is 5.79. The third-order valence-corrected chi connectivity index (χ3v) is 1.75. The number of nitrogens with two attached hydrogens (primary N) is 1. The van der Waals surface area contributed by atoms with Crippen LogP contribution in [-0.4, -0.2) is 10.2 Å². The van der Waals surface area contributed by atoms with E-state index in [-0.39, 0.29) is 0 Å². The van der Waals surface area contributed by atoms with Crippen LogP contribution < -0.4 is 5.73 Å². The average molecular weight is 164 g/mol. The van der Waals surface area contributed by atoms with Crippen LogP contribution in [0.5, 0.6) is 0 Å². The summed E-state index contributed by atoms with van der Waals surface area (Å²) in [5.41, 5.74) is 6.78. The van der Waals surface area contributed by atoms with Crippen LogP contribution in [0.1, 0.15) is 31.0 Å². The van der Waals surface area contributed by atoms with E-state index in [0.717, 1.165) is 25.0 Å². The third kappa shape index (κ3) is 1.56. The molecule has 4 heteroatoms. The van der Waals surface area contributed by atoms with Gasteiger partial charge < -0.3 is 5.73 Å². The summed E-state index contributed by atoms with van der Waals surface area (Å²) < 4.78 is 0. The summed E-state index contributed by atoms with van der Waals surface area (Å²) in [4.78, 5) is 0. The van der Waals surface area contributed by atoms with Crippen LogP contribution in [0.3, 0.4) is 0 Å². The second kappa shape index (κ2) is 3.77. The van der Waals surface area contributed by atoms with E-state index in [4.69, 9.17) is 11.0 Å². The monoisotopic (exact) mass is 164 g/mol. The topological polar surface area (TPSA) is 78.5 Å². The molecule has 0 aliphatic rings. The molecule has 3 N–H and O–H groups in total. The van der Waals surface area contributed by atoms with E-state index in [1.54, 1.807) is 0 Å². The minimum absolute atomic E-state index is 0.378. The van der Waals surface area contributed by atoms with Gasteiger partial charge in [-0.15, -0.1) is 0 Å². The molecule has 0 radical (unpaired) electrons. The zero-order valence-corrected chi connectivity index (χ0v) is 7.09. The number of nitrogens with one attached hydrogen (secondary N) is 1. The number of aromatic amines is 1. The lowest BCUT2D eigenvalue weighted by molar-refractivity contribution is 0.770. The average Bonchev–Trinajstić information content (AvgIpc) is 2.43. The maximum Gasteiger partial charge on any atom is 0.137 e. The predicted octanol–water partition coefficient (Wildman–Crippen LogP) is 1.21. The summed E-state index contributed by atoms with van der Waals surface area (Å²) in [6.45, 7) is 2.10. The Kier molecular flexibility index (Phi) is 2.70. The molecular formula is C8H12N4. The van der Waals surface area contributed by atoms with Crippen LogP contribution in [0.4, 0.5) is 5.82 Å². The first-order valence-electron chi connectivity index (χ1n) is 4.02. The summed E-state index contributed by atoms with van der Waals surface area (Å²) in [5.74, 6) is 0.378. The lowest BCUT2D eigenvalue weighted by Gasteiger charge is -1.92. The number of anilines is 1. The number of hydrogen-bond donors (Lipinski definition) is 2. The van der Waals surface area contributed by atoms with E-state index >= 15 is 0 Å². The fourth-order valence-corrected chi connectivity index (χ4v) is 1.04. The first-order valence-corrected chi connectivity index (χ1v) is 4.02. The van der Waals surface area contributed by atoms with Gasteiger partial charge in [-0.3, -0.25) is 5.10 Å². The molecule has 1 rings (SSSR count). The van der Waals surface area contributed by atoms with Gasteiger partial charge >= 0.3 is 0 Å². The number of unbranched alkanes of at least 4 members (excludes halogenated alkanes) is 1. The van der Waals surface area contributed by atoms with Gasteiger partial charge in [0.15, 0.2) is 0 Å². The Morgan fingerprint density at radius 1 is 1.67 bits per heavy atom. The minimum Gasteiger partial charge on any atom is -0.383 e. The Bertz CT molecular complexity index is 294. The number of aryl methyl sites for hydroxylation is 1. The molecule has 0 bridgehead atoms. The lowest BCUT2D eigenvalue weighted by Crippen LogP contribution is -1.90. The molecule has 0 atom stereocenters. The molecule has 0 aliphatic carbocycles. The van der Waals surface area contributed by atoms with Gasteiger partial charge in [0.05, 0.1) is 5.69 Å². The van der Waals surface area contributed by atoms with E-state index in [2.05, 4.69) is 17.1 Å². The van der Waals surface area contributed by atoms with Crippen LogP contribution >= 0.6 is 0 Å². The van der Waals surface area contributed by atoms with Crippen molar-refractivity contribution in [2.24, 2.45) is 0 Å². The fraction of sp³-hybridized carbons (Fsp3) is 0.500. The van der Waals surface area contributed by atoms with Crippen LogP contribution in [-0.2, 0) is 6.42 Å². The maximum atomic E-state index is 8.70. The van der Waals surface area contributed by atoms with Crippen molar-refractivity contribution in [1.82, 2.24) is 10.2 Å². The number of aromatic nitrogens is 2. The molecule has 64 valence electrons. The summed E-state index contributed by atoms with van der Waals surface area (Å²) >= 11 is 0. The van der Waals surface area contributed by atoms with Crippen LogP contribution in [0.25, 0.3) is 0 Å². The zero-order valence-electron chi connectivity index (χ0n) is 7.09. The molecule has 0 saturated heterocycles. The van der Waals surface area contributed by atoms with Crippen molar-refractivity contribution in [1.29, 1.82) is 5.26 Å². The first kappa shape index (κ1) is 8.60. The van der Waals surface area contributed by atoms with Crippen LogP contribution in [0.2, 0.25) is 0 Å². The second-order valence-electron chi connectivity index (χ2n) is 2.67. The van der Waals surface area contributed by atoms with E-state index in [1.165, 1.54) is 0 Å². The van der Waals surface area contributed by atoms with Crippen molar-refractivity contribution in [2.75, 3.05) is 5.73 Å². The lowest BCUT2D eigenvalue weighted by atomic mass is 10.1. The quantitative estimate of drug-likeness (QED) is 0.704. The van der Waals surface area contributed by atoms with Crippen LogP contribution in [0, 0.1) is 11.3 Å². The summed E-state index contributed by atoms with van der Waals surface area (Å²) in [6, 6.07) is 2.03. The molecule has 0 aromatic carbocycles. The Hall–Kier alpha value is -1.50. The van der Waals surface area contributed by atoms with Crippen molar-refractivity contribution in [3.8, 4) is 6.07 Å². The Morgan fingerprint density at radius 3 is 3.00 bits per heavy atom. The highest BCUT2D eigenvalue weighted by atomic mass is 15.2. The molecule has 0 fully saturated rings. The number of nitrogens with zero attached hydrogens (tertiary/aromatic N) is 2. The predicted molar refractivity (Wildman–Crippen MR) is 46.3 cm³/mol. The van der Waals surface area contributed by atoms with Gasteiger partial charge in [-0.1, -0.05) is 13.3 Å². The molecule has 1 aromatic rings. The van der Waals surface area contributed by atoms with Gasteiger partial charge in [0.2, 0.25) is 0 Å². The van der Waals surface area contributed by atoms with E-state index < -0.39 is 0 Å². The standard InChI is InChI=1S/C8H12N4/c1-2-3-4-7-6(5-9)8(10)12-11-7/h2-4H2,1H3,(H3,10,11,12). The molecule has 4 nitrogen and oxygen atoms in total. The Balaban J connectivity index is 2.79. The van der Waals surface area contributed by atoms with Crippen LogP contribution in [0.15, 0.2) is 0 Å². The van der Waals surface area contributed by atoms with Gasteiger partial charge in [0, 0.05) is 0 Å². The SMILES string of the molecule is CCCCc1n[nH]c(N)c1C#N. The van der Waals surface area contributed by atoms with E-state index in [0.29, 0.717) is 11.4 Å². The van der Waals surface area contributed by atoms with Gasteiger partial charge in [0.25, 0.3) is 0 Å². The second-order valence-corrected chi connectivity index (χ2v) is 2.67. The van der Waals surface area contributed by atoms with E-state index in [1.807, 2.05) is 6.07 Å². The highest BCUT2D eigenvalue weighted by Crippen LogP contribution is 2.13. The van der Waals surface area contributed by atoms with Gasteiger partial charge in [-0.2, -0.15) is 10.4 Å². The molecule has 0 amide bonds. The zero-order chi connectivity index (χ0) is 8.97. The Morgan fingerprint density at radius 2 is 2.42 bits per heavy atom. The van der Waals surface area contributed by atoms with Crippen molar-refractivity contribution < 1.29 is 0 Å². The van der Waals surface area contributed by atoms with Gasteiger partial charge in [0.1, 0.15) is 17.5 Å². The highest BCUT2D eigenvalue weighted by Gasteiger charge is 2.08. The number of rotatable bonds is 3. The number of nitriles is 1. The van der Waals surface area contributed by atoms with Crippen molar-refractivity contribution in [3.05, 3.63) is 11.3 Å². The smallest absolute Gasteiger partial charge is 0.137 e. The third-order valence-electron chi connectivity index (χ3n) is 1.75. The summed E-state index contributed by atoms with van der Waals surface area (Å²) in [5, 5.41) is 15.3. The molecule has 0 spiro atoms. The molecule has 1 aromatic heterocycles.